The van der Waals surface area contributed by atoms with E-state index in [0.717, 1.165) is 21.8 Å². The zero-order chi connectivity index (χ0) is 18.1. The highest BCUT2D eigenvalue weighted by Gasteiger charge is 2.12. The first-order valence-electron chi connectivity index (χ1n) is 8.04. The molecule has 0 aliphatic heterocycles. The van der Waals surface area contributed by atoms with Crippen LogP contribution in [0.4, 0.5) is 10.8 Å². The van der Waals surface area contributed by atoms with Crippen molar-refractivity contribution in [3.63, 3.8) is 0 Å². The van der Waals surface area contributed by atoms with E-state index in [9.17, 15) is 4.79 Å². The summed E-state index contributed by atoms with van der Waals surface area (Å²) in [5.41, 5.74) is 3.25. The number of methoxy groups -OCH3 is 1. The average molecular weight is 364 g/mol. The van der Waals surface area contributed by atoms with Gasteiger partial charge >= 0.3 is 5.63 Å². The Hall–Kier alpha value is -3.12. The number of para-hydroxylation sites is 1. The van der Waals surface area contributed by atoms with Crippen LogP contribution in [0.1, 0.15) is 5.56 Å². The summed E-state index contributed by atoms with van der Waals surface area (Å²) in [6.07, 6.45) is 0. The third kappa shape index (κ3) is 3.07. The first kappa shape index (κ1) is 16.4. The average Bonchev–Trinajstić information content (AvgIpc) is 3.11. The van der Waals surface area contributed by atoms with E-state index in [-0.39, 0.29) is 0 Å². The van der Waals surface area contributed by atoms with E-state index in [1.165, 1.54) is 11.3 Å². The molecule has 0 unspecified atom stereocenters. The normalized spacial score (nSPS) is 10.8. The lowest BCUT2D eigenvalue weighted by molar-refractivity contribution is 0.415. The minimum absolute atomic E-state index is 0.407. The topological polar surface area (TPSA) is 64.4 Å². The molecule has 2 aromatic carbocycles. The standard InChI is InChI=1S/C20H16N2O3S/c1-12-5-3-4-6-16(12)21-20-22-17(11-26-20)15-10-13-9-14(24-2)7-8-18(13)25-19(15)23/h3-11H,1-2H3,(H,21,22). The number of ether oxygens (including phenoxy) is 1. The van der Waals surface area contributed by atoms with Crippen LogP contribution in [-0.2, 0) is 0 Å². The number of nitrogens with one attached hydrogen (secondary N) is 1. The summed E-state index contributed by atoms with van der Waals surface area (Å²) in [6.45, 7) is 2.03. The number of hydrogen-bond donors (Lipinski definition) is 1. The predicted octanol–water partition coefficient (Wildman–Crippen LogP) is 4.98. The van der Waals surface area contributed by atoms with Gasteiger partial charge in [-0.3, -0.25) is 0 Å². The van der Waals surface area contributed by atoms with Gasteiger partial charge < -0.3 is 14.5 Å². The van der Waals surface area contributed by atoms with Gasteiger partial charge in [-0.1, -0.05) is 18.2 Å². The molecule has 130 valence electrons. The highest BCUT2D eigenvalue weighted by Crippen LogP contribution is 2.29. The third-order valence-electron chi connectivity index (χ3n) is 4.11. The van der Waals surface area contributed by atoms with E-state index in [2.05, 4.69) is 10.3 Å². The molecule has 0 spiro atoms. The quantitative estimate of drug-likeness (QED) is 0.518. The van der Waals surface area contributed by atoms with Crippen LogP contribution in [0.3, 0.4) is 0 Å². The number of anilines is 2. The summed E-state index contributed by atoms with van der Waals surface area (Å²) in [4.78, 5) is 16.9. The van der Waals surface area contributed by atoms with Crippen LogP contribution >= 0.6 is 11.3 Å². The molecule has 0 saturated heterocycles. The zero-order valence-corrected chi connectivity index (χ0v) is 15.1. The van der Waals surface area contributed by atoms with Gasteiger partial charge in [0, 0.05) is 16.5 Å². The Kier molecular flexibility index (Phi) is 4.18. The largest absolute Gasteiger partial charge is 0.497 e. The first-order valence-corrected chi connectivity index (χ1v) is 8.92. The molecule has 4 rings (SSSR count). The van der Waals surface area contributed by atoms with Crippen LogP contribution in [0, 0.1) is 6.92 Å². The zero-order valence-electron chi connectivity index (χ0n) is 14.3. The molecular formula is C20H16N2O3S. The smallest absolute Gasteiger partial charge is 0.345 e. The van der Waals surface area contributed by atoms with Crippen molar-refractivity contribution in [1.82, 2.24) is 4.98 Å². The van der Waals surface area contributed by atoms with Gasteiger partial charge in [0.1, 0.15) is 11.3 Å². The van der Waals surface area contributed by atoms with Crippen LogP contribution < -0.4 is 15.7 Å². The highest BCUT2D eigenvalue weighted by atomic mass is 32.1. The molecule has 26 heavy (non-hydrogen) atoms. The van der Waals surface area contributed by atoms with Crippen molar-refractivity contribution in [2.45, 2.75) is 6.92 Å². The van der Waals surface area contributed by atoms with E-state index in [4.69, 9.17) is 9.15 Å². The van der Waals surface area contributed by atoms with Crippen molar-refractivity contribution in [3.8, 4) is 17.0 Å². The summed E-state index contributed by atoms with van der Waals surface area (Å²) in [6, 6.07) is 15.1. The van der Waals surface area contributed by atoms with Crippen molar-refractivity contribution < 1.29 is 9.15 Å². The lowest BCUT2D eigenvalue weighted by atomic mass is 10.1. The monoisotopic (exact) mass is 364 g/mol. The number of nitrogens with zero attached hydrogens (tertiary/aromatic N) is 1. The number of aromatic nitrogens is 1. The van der Waals surface area contributed by atoms with Gasteiger partial charge in [-0.05, 0) is 42.8 Å². The van der Waals surface area contributed by atoms with Crippen molar-refractivity contribution in [1.29, 1.82) is 0 Å². The Morgan fingerprint density at radius 2 is 2.00 bits per heavy atom. The maximum atomic E-state index is 12.4. The van der Waals surface area contributed by atoms with Crippen molar-refractivity contribution in [2.24, 2.45) is 0 Å². The Bertz CT molecular complexity index is 1150. The van der Waals surface area contributed by atoms with Gasteiger partial charge in [-0.15, -0.1) is 11.3 Å². The molecular weight excluding hydrogens is 348 g/mol. The molecule has 0 radical (unpaired) electrons. The molecule has 1 N–H and O–H groups in total. The fourth-order valence-corrected chi connectivity index (χ4v) is 3.41. The van der Waals surface area contributed by atoms with E-state index >= 15 is 0 Å². The van der Waals surface area contributed by atoms with Gasteiger partial charge in [0.15, 0.2) is 5.13 Å². The fourth-order valence-electron chi connectivity index (χ4n) is 2.69. The summed E-state index contributed by atoms with van der Waals surface area (Å²) < 4.78 is 10.7. The van der Waals surface area contributed by atoms with Gasteiger partial charge in [0.2, 0.25) is 0 Å². The predicted molar refractivity (Wildman–Crippen MR) is 105 cm³/mol. The molecule has 0 amide bonds. The minimum atomic E-state index is -0.407. The van der Waals surface area contributed by atoms with Crippen LogP contribution in [0.15, 0.2) is 63.1 Å². The number of aryl methyl sites for hydroxylation is 1. The molecule has 0 fully saturated rings. The lowest BCUT2D eigenvalue weighted by Gasteiger charge is -2.05. The Balaban J connectivity index is 1.72. The molecule has 5 nitrogen and oxygen atoms in total. The number of fused-ring (bicyclic) bond motifs is 1. The summed E-state index contributed by atoms with van der Waals surface area (Å²) in [5.74, 6) is 0.706. The summed E-state index contributed by atoms with van der Waals surface area (Å²) in [5, 5.41) is 6.65. The Labute approximate surface area is 153 Å². The van der Waals surface area contributed by atoms with Crippen LogP contribution in [0.2, 0.25) is 0 Å². The first-order chi connectivity index (χ1) is 12.6. The van der Waals surface area contributed by atoms with Crippen molar-refractivity contribution >= 4 is 33.1 Å². The van der Waals surface area contributed by atoms with Gasteiger partial charge in [0.05, 0.1) is 18.4 Å². The fraction of sp³-hybridized carbons (Fsp3) is 0.100. The second-order valence-corrected chi connectivity index (χ2v) is 6.69. The molecule has 0 bridgehead atoms. The molecule has 4 aromatic rings. The molecule has 0 aliphatic carbocycles. The molecule has 0 atom stereocenters. The number of rotatable bonds is 4. The Morgan fingerprint density at radius 3 is 2.81 bits per heavy atom. The minimum Gasteiger partial charge on any atom is -0.497 e. The maximum absolute atomic E-state index is 12.4. The van der Waals surface area contributed by atoms with E-state index < -0.39 is 5.63 Å². The number of hydrogen-bond acceptors (Lipinski definition) is 6. The van der Waals surface area contributed by atoms with Crippen LogP contribution in [-0.4, -0.2) is 12.1 Å². The van der Waals surface area contributed by atoms with E-state index in [1.54, 1.807) is 25.3 Å². The third-order valence-corrected chi connectivity index (χ3v) is 4.86. The molecule has 0 aliphatic rings. The van der Waals surface area contributed by atoms with Crippen LogP contribution in [0.25, 0.3) is 22.2 Å². The summed E-state index contributed by atoms with van der Waals surface area (Å²) in [7, 11) is 1.60. The lowest BCUT2D eigenvalue weighted by Crippen LogP contribution is -2.03. The Morgan fingerprint density at radius 1 is 1.15 bits per heavy atom. The SMILES string of the molecule is COc1ccc2oc(=O)c(-c3csc(Nc4ccccc4C)n3)cc2c1. The molecule has 6 heteroatoms. The number of benzene rings is 2. The molecule has 0 saturated carbocycles. The van der Waals surface area contributed by atoms with Crippen molar-refractivity contribution in [2.75, 3.05) is 12.4 Å². The van der Waals surface area contributed by atoms with Crippen LogP contribution in [0.5, 0.6) is 5.75 Å². The maximum Gasteiger partial charge on any atom is 0.345 e. The van der Waals surface area contributed by atoms with Crippen molar-refractivity contribution in [3.05, 3.63) is 69.9 Å². The van der Waals surface area contributed by atoms with Gasteiger partial charge in [-0.25, -0.2) is 9.78 Å². The number of thiazole rings is 1. The molecule has 2 aromatic heterocycles. The van der Waals surface area contributed by atoms with Gasteiger partial charge in [0.25, 0.3) is 0 Å². The highest BCUT2D eigenvalue weighted by molar-refractivity contribution is 7.14. The van der Waals surface area contributed by atoms with E-state index in [0.29, 0.717) is 22.6 Å². The second kappa shape index (κ2) is 6.65. The summed E-state index contributed by atoms with van der Waals surface area (Å²) >= 11 is 1.44. The van der Waals surface area contributed by atoms with Gasteiger partial charge in [-0.2, -0.15) is 0 Å². The van der Waals surface area contributed by atoms with E-state index in [1.807, 2.05) is 42.6 Å². The molecule has 2 heterocycles. The second-order valence-electron chi connectivity index (χ2n) is 5.83.